The molecule has 8 nitrogen and oxygen atoms in total. The van der Waals surface area contributed by atoms with Gasteiger partial charge in [-0.25, -0.2) is 4.52 Å². The summed E-state index contributed by atoms with van der Waals surface area (Å²) in [6.45, 7) is 4.61. The van der Waals surface area contributed by atoms with Gasteiger partial charge in [-0.3, -0.25) is 9.69 Å². The van der Waals surface area contributed by atoms with E-state index in [1.807, 2.05) is 18.3 Å². The Hall–Kier alpha value is -2.59. The average molecular weight is 390 g/mol. The maximum atomic E-state index is 14.1. The number of thiazole rings is 1. The Morgan fingerprint density at radius 1 is 1.52 bits per heavy atom. The first-order valence-corrected chi connectivity index (χ1v) is 9.43. The van der Waals surface area contributed by atoms with Gasteiger partial charge in [-0.2, -0.15) is 9.37 Å². The Balaban J connectivity index is 1.40. The van der Waals surface area contributed by atoms with Gasteiger partial charge in [0, 0.05) is 44.7 Å². The molecule has 1 N–H and O–H groups in total. The molecule has 0 bridgehead atoms. The molecule has 4 heterocycles. The number of carbonyl (C=O) groups is 1. The molecule has 3 aromatic rings. The highest BCUT2D eigenvalue weighted by atomic mass is 32.1. The maximum Gasteiger partial charge on any atom is 0.230 e. The van der Waals surface area contributed by atoms with Gasteiger partial charge in [-0.05, 0) is 13.0 Å². The van der Waals surface area contributed by atoms with Gasteiger partial charge in [0.15, 0.2) is 5.13 Å². The van der Waals surface area contributed by atoms with Crippen LogP contribution >= 0.6 is 11.3 Å². The van der Waals surface area contributed by atoms with Gasteiger partial charge < -0.3 is 10.1 Å². The first-order chi connectivity index (χ1) is 13.0. The van der Waals surface area contributed by atoms with Crippen LogP contribution in [0.2, 0.25) is 0 Å². The molecule has 4 rings (SSSR count). The molecule has 1 aliphatic heterocycles. The van der Waals surface area contributed by atoms with Crippen molar-refractivity contribution < 1.29 is 13.9 Å². The molecule has 0 radical (unpaired) electrons. The van der Waals surface area contributed by atoms with Crippen LogP contribution in [0.4, 0.5) is 9.52 Å². The molecule has 0 aromatic carbocycles. The van der Waals surface area contributed by atoms with Crippen LogP contribution < -0.4 is 10.1 Å². The lowest BCUT2D eigenvalue weighted by molar-refractivity contribution is -0.114. The Morgan fingerprint density at radius 3 is 3.19 bits per heavy atom. The van der Waals surface area contributed by atoms with Crippen LogP contribution in [0, 0.1) is 5.95 Å². The van der Waals surface area contributed by atoms with Crippen molar-refractivity contribution in [3.8, 4) is 5.75 Å². The molecule has 0 spiro atoms. The molecule has 0 saturated carbocycles. The van der Waals surface area contributed by atoms with E-state index in [9.17, 15) is 9.18 Å². The summed E-state index contributed by atoms with van der Waals surface area (Å²) >= 11 is 1.17. The standard InChI is InChI=1S/C17H19FN6O2S/c1-10-5-14(26-13-3-4-24-12(6-13)7-19-22-24)8-23(10)9-15-16(18)21-17(27-15)20-11(2)25/h3-4,6-7,10,14H,5,8-9H2,1-2H3,(H,20,21,25)/t10-,14?/m0/s1. The second-order valence-electron chi connectivity index (χ2n) is 6.63. The summed E-state index contributed by atoms with van der Waals surface area (Å²) in [5, 5.41) is 10.6. The van der Waals surface area contributed by atoms with Crippen molar-refractivity contribution in [1.29, 1.82) is 0 Å². The van der Waals surface area contributed by atoms with E-state index in [4.69, 9.17) is 4.74 Å². The van der Waals surface area contributed by atoms with Gasteiger partial charge >= 0.3 is 0 Å². The van der Waals surface area contributed by atoms with Crippen molar-refractivity contribution in [2.75, 3.05) is 11.9 Å². The third kappa shape index (κ3) is 3.91. The highest BCUT2D eigenvalue weighted by Gasteiger charge is 2.31. The molecular weight excluding hydrogens is 371 g/mol. The lowest BCUT2D eigenvalue weighted by Crippen LogP contribution is -2.28. The number of halogens is 1. The van der Waals surface area contributed by atoms with E-state index in [0.29, 0.717) is 18.0 Å². The summed E-state index contributed by atoms with van der Waals surface area (Å²) in [4.78, 5) is 17.6. The molecule has 1 saturated heterocycles. The van der Waals surface area contributed by atoms with Gasteiger partial charge in [0.1, 0.15) is 11.9 Å². The molecule has 10 heteroatoms. The first-order valence-electron chi connectivity index (χ1n) is 8.61. The zero-order valence-corrected chi connectivity index (χ0v) is 15.7. The third-order valence-electron chi connectivity index (χ3n) is 4.52. The zero-order chi connectivity index (χ0) is 19.0. The molecule has 0 aliphatic carbocycles. The van der Waals surface area contributed by atoms with Gasteiger partial charge in [0.2, 0.25) is 11.9 Å². The lowest BCUT2D eigenvalue weighted by Gasteiger charge is -2.19. The lowest BCUT2D eigenvalue weighted by atomic mass is 10.2. The van der Waals surface area contributed by atoms with Crippen LogP contribution in [-0.2, 0) is 11.3 Å². The van der Waals surface area contributed by atoms with Crippen molar-refractivity contribution in [2.24, 2.45) is 0 Å². The quantitative estimate of drug-likeness (QED) is 0.720. The average Bonchev–Trinajstić information content (AvgIpc) is 3.28. The fourth-order valence-electron chi connectivity index (χ4n) is 3.24. The molecule has 1 amide bonds. The van der Waals surface area contributed by atoms with Crippen LogP contribution in [0.1, 0.15) is 25.1 Å². The first kappa shape index (κ1) is 17.8. The number of carbonyl (C=O) groups excluding carboxylic acids is 1. The maximum absolute atomic E-state index is 14.1. The zero-order valence-electron chi connectivity index (χ0n) is 14.9. The normalized spacial score (nSPS) is 20.3. The van der Waals surface area contributed by atoms with E-state index in [1.54, 1.807) is 10.7 Å². The second kappa shape index (κ2) is 7.20. The van der Waals surface area contributed by atoms with E-state index in [0.717, 1.165) is 17.7 Å². The monoisotopic (exact) mass is 390 g/mol. The van der Waals surface area contributed by atoms with E-state index in [1.165, 1.54) is 18.3 Å². The predicted octanol–water partition coefficient (Wildman–Crippen LogP) is 2.33. The summed E-state index contributed by atoms with van der Waals surface area (Å²) in [5.74, 6) is -0.0246. The topological polar surface area (TPSA) is 84.7 Å². The van der Waals surface area contributed by atoms with Crippen LogP contribution in [-0.4, -0.2) is 49.3 Å². The number of rotatable bonds is 5. The number of hydrogen-bond acceptors (Lipinski definition) is 7. The largest absolute Gasteiger partial charge is 0.489 e. The minimum atomic E-state index is -0.529. The number of anilines is 1. The van der Waals surface area contributed by atoms with E-state index in [2.05, 4.69) is 32.4 Å². The van der Waals surface area contributed by atoms with Gasteiger partial charge in [0.25, 0.3) is 0 Å². The molecule has 1 fully saturated rings. The highest BCUT2D eigenvalue weighted by Crippen LogP contribution is 2.29. The molecule has 2 atom stereocenters. The van der Waals surface area contributed by atoms with Crippen molar-refractivity contribution in [3.63, 3.8) is 0 Å². The molecular formula is C17H19FN6O2S. The summed E-state index contributed by atoms with van der Waals surface area (Å²) in [6, 6.07) is 4.01. The van der Waals surface area contributed by atoms with Gasteiger partial charge in [-0.1, -0.05) is 16.6 Å². The number of nitrogens with zero attached hydrogens (tertiary/aromatic N) is 5. The number of aromatic nitrogens is 4. The number of pyridine rings is 1. The number of ether oxygens (including phenoxy) is 1. The number of nitrogens with one attached hydrogen (secondary N) is 1. The van der Waals surface area contributed by atoms with Gasteiger partial charge in [-0.15, -0.1) is 5.10 Å². The summed E-state index contributed by atoms with van der Waals surface area (Å²) in [7, 11) is 0. The fourth-order valence-corrected chi connectivity index (χ4v) is 4.16. The molecule has 1 unspecified atom stereocenters. The number of fused-ring (bicyclic) bond motifs is 1. The smallest absolute Gasteiger partial charge is 0.230 e. The Morgan fingerprint density at radius 2 is 2.37 bits per heavy atom. The van der Waals surface area contributed by atoms with Crippen LogP contribution in [0.15, 0.2) is 24.5 Å². The van der Waals surface area contributed by atoms with Crippen molar-refractivity contribution in [3.05, 3.63) is 35.4 Å². The molecule has 27 heavy (non-hydrogen) atoms. The second-order valence-corrected chi connectivity index (χ2v) is 7.72. The highest BCUT2D eigenvalue weighted by molar-refractivity contribution is 7.15. The number of amides is 1. The molecule has 142 valence electrons. The van der Waals surface area contributed by atoms with Crippen LogP contribution in [0.25, 0.3) is 5.52 Å². The SMILES string of the molecule is CC(=O)Nc1nc(F)c(CN2CC(Oc3ccn4nncc4c3)C[C@@H]2C)s1. The van der Waals surface area contributed by atoms with Gasteiger partial charge in [0.05, 0.1) is 16.6 Å². The van der Waals surface area contributed by atoms with E-state index < -0.39 is 5.95 Å². The van der Waals surface area contributed by atoms with Crippen LogP contribution in [0.3, 0.4) is 0 Å². The Kier molecular flexibility index (Phi) is 4.75. The molecule has 1 aliphatic rings. The van der Waals surface area contributed by atoms with E-state index in [-0.39, 0.29) is 23.2 Å². The Bertz CT molecular complexity index is 973. The van der Waals surface area contributed by atoms with E-state index >= 15 is 0 Å². The predicted molar refractivity (Wildman–Crippen MR) is 98.3 cm³/mol. The summed E-state index contributed by atoms with van der Waals surface area (Å²) < 4.78 is 21.9. The summed E-state index contributed by atoms with van der Waals surface area (Å²) in [5.41, 5.74) is 0.868. The fraction of sp³-hybridized carbons (Fsp3) is 0.412. The van der Waals surface area contributed by atoms with Crippen LogP contribution in [0.5, 0.6) is 5.75 Å². The molecule has 3 aromatic heterocycles. The third-order valence-corrected chi connectivity index (χ3v) is 5.45. The summed E-state index contributed by atoms with van der Waals surface area (Å²) in [6.07, 6.45) is 4.35. The van der Waals surface area contributed by atoms with Crippen molar-refractivity contribution >= 4 is 27.9 Å². The number of hydrogen-bond donors (Lipinski definition) is 1. The minimum Gasteiger partial charge on any atom is -0.489 e. The van der Waals surface area contributed by atoms with Crippen molar-refractivity contribution in [2.45, 2.75) is 39.0 Å². The Labute approximate surface area is 159 Å². The number of likely N-dealkylation sites (tertiary alicyclic amines) is 1. The minimum absolute atomic E-state index is 0.0177. The van der Waals surface area contributed by atoms with Crippen molar-refractivity contribution in [1.82, 2.24) is 24.7 Å².